The van der Waals surface area contributed by atoms with Gasteiger partial charge in [0.2, 0.25) is 12.3 Å². The quantitative estimate of drug-likeness (QED) is 0.135. The molecular formula is C28H27N2O7+. The Labute approximate surface area is 213 Å². The number of nitrogens with zero attached hydrogens (tertiary/aromatic N) is 2. The van der Waals surface area contributed by atoms with Crippen LogP contribution < -0.4 is 23.5 Å². The number of aromatic nitrogens is 1. The summed E-state index contributed by atoms with van der Waals surface area (Å²) in [6.45, 7) is 0.0463. The van der Waals surface area contributed by atoms with Crippen LogP contribution >= 0.6 is 0 Å². The number of methoxy groups -OCH3 is 4. The first-order chi connectivity index (χ1) is 17.9. The molecule has 1 aromatic heterocycles. The van der Waals surface area contributed by atoms with Crippen LogP contribution in [-0.4, -0.2) is 39.1 Å². The number of carbonyl (C=O) groups excluding carboxylic acids is 1. The molecule has 0 aliphatic carbocycles. The fourth-order valence-electron chi connectivity index (χ4n) is 4.24. The maximum Gasteiger partial charge on any atom is 0.269 e. The zero-order chi connectivity index (χ0) is 26.5. The van der Waals surface area contributed by atoms with Crippen molar-refractivity contribution >= 4 is 22.2 Å². The van der Waals surface area contributed by atoms with Gasteiger partial charge in [-0.3, -0.25) is 14.9 Å². The molecule has 0 amide bonds. The number of ketones is 1. The summed E-state index contributed by atoms with van der Waals surface area (Å²) in [5.41, 5.74) is 2.16. The molecule has 37 heavy (non-hydrogen) atoms. The molecule has 4 rings (SSSR count). The van der Waals surface area contributed by atoms with E-state index >= 15 is 0 Å². The highest BCUT2D eigenvalue weighted by Crippen LogP contribution is 2.34. The van der Waals surface area contributed by atoms with Crippen molar-refractivity contribution < 1.29 is 33.2 Å². The molecule has 0 spiro atoms. The molecule has 0 atom stereocenters. The number of ether oxygens (including phenoxy) is 4. The Hall–Kier alpha value is -4.66. The lowest BCUT2D eigenvalue weighted by molar-refractivity contribution is -0.688. The predicted molar refractivity (Wildman–Crippen MR) is 137 cm³/mol. The summed E-state index contributed by atoms with van der Waals surface area (Å²) in [7, 11) is 6.33. The highest BCUT2D eigenvalue weighted by molar-refractivity contribution is 5.95. The zero-order valence-corrected chi connectivity index (χ0v) is 21.0. The molecule has 4 aromatic rings. The first kappa shape index (κ1) is 25.4. The average Bonchev–Trinajstić information content (AvgIpc) is 2.93. The van der Waals surface area contributed by atoms with E-state index in [9.17, 15) is 14.9 Å². The van der Waals surface area contributed by atoms with Gasteiger partial charge in [-0.05, 0) is 47.3 Å². The van der Waals surface area contributed by atoms with Crippen molar-refractivity contribution in [2.75, 3.05) is 28.4 Å². The number of non-ortho nitro benzene ring substituents is 1. The summed E-state index contributed by atoms with van der Waals surface area (Å²) >= 11 is 0. The largest absolute Gasteiger partial charge is 0.493 e. The number of hydrogen-bond donors (Lipinski definition) is 0. The molecule has 190 valence electrons. The minimum absolute atomic E-state index is 0.0463. The van der Waals surface area contributed by atoms with Crippen molar-refractivity contribution in [2.45, 2.75) is 13.0 Å². The van der Waals surface area contributed by atoms with E-state index in [1.807, 2.05) is 47.2 Å². The summed E-state index contributed by atoms with van der Waals surface area (Å²) in [6, 6.07) is 17.0. The highest BCUT2D eigenvalue weighted by atomic mass is 16.6. The number of fused-ring (bicyclic) bond motifs is 1. The number of nitro groups is 1. The van der Waals surface area contributed by atoms with Crippen LogP contribution in [0.15, 0.2) is 66.9 Å². The predicted octanol–water partition coefficient (Wildman–Crippen LogP) is 4.54. The van der Waals surface area contributed by atoms with Gasteiger partial charge in [0, 0.05) is 23.8 Å². The van der Waals surface area contributed by atoms with Gasteiger partial charge in [-0.15, -0.1) is 0 Å². The van der Waals surface area contributed by atoms with E-state index in [0.717, 1.165) is 22.0 Å². The van der Waals surface area contributed by atoms with Crippen LogP contribution in [0.4, 0.5) is 5.69 Å². The first-order valence-corrected chi connectivity index (χ1v) is 11.4. The molecule has 9 heteroatoms. The van der Waals surface area contributed by atoms with E-state index in [4.69, 9.17) is 18.9 Å². The van der Waals surface area contributed by atoms with E-state index in [0.29, 0.717) is 35.0 Å². The van der Waals surface area contributed by atoms with Crippen LogP contribution in [0.3, 0.4) is 0 Å². The molecule has 0 saturated heterocycles. The van der Waals surface area contributed by atoms with Crippen molar-refractivity contribution in [3.05, 3.63) is 93.8 Å². The average molecular weight is 504 g/mol. The van der Waals surface area contributed by atoms with Gasteiger partial charge < -0.3 is 18.9 Å². The van der Waals surface area contributed by atoms with Crippen LogP contribution in [0.1, 0.15) is 21.6 Å². The van der Waals surface area contributed by atoms with Crippen LogP contribution in [0, 0.1) is 10.1 Å². The van der Waals surface area contributed by atoms with E-state index in [2.05, 4.69) is 0 Å². The maximum atomic E-state index is 13.2. The molecule has 3 aromatic carbocycles. The number of pyridine rings is 1. The summed E-state index contributed by atoms with van der Waals surface area (Å²) in [6.07, 6.45) is 2.34. The fraction of sp³-hybridized carbons (Fsp3) is 0.214. The number of Topliss-reactive ketones (excluding diaryl/α,β-unsaturated/α-hetero) is 1. The van der Waals surface area contributed by atoms with Crippen molar-refractivity contribution in [1.29, 1.82) is 0 Å². The van der Waals surface area contributed by atoms with Gasteiger partial charge in [-0.25, -0.2) is 0 Å². The van der Waals surface area contributed by atoms with Crippen LogP contribution in [0.5, 0.6) is 23.0 Å². The lowest BCUT2D eigenvalue weighted by Crippen LogP contribution is -2.42. The second-order valence-electron chi connectivity index (χ2n) is 8.28. The lowest BCUT2D eigenvalue weighted by Gasteiger charge is -2.13. The minimum Gasteiger partial charge on any atom is -0.493 e. The van der Waals surface area contributed by atoms with Crippen LogP contribution in [0.25, 0.3) is 10.8 Å². The van der Waals surface area contributed by atoms with Crippen molar-refractivity contribution in [3.8, 4) is 23.0 Å². The first-order valence-electron chi connectivity index (χ1n) is 11.4. The normalized spacial score (nSPS) is 10.7. The standard InChI is InChI=1S/C28H27N2O7/c1-34-25-10-5-18(14-26(25)35-2)13-23-22-16-28(37-4)27(36-3)15-20(22)11-12-29(23)17-24(31)19-6-8-21(9-7-19)30(32)33/h5-12,14-16H,13,17H2,1-4H3/q+1. The summed E-state index contributed by atoms with van der Waals surface area (Å²) in [4.78, 5) is 23.7. The van der Waals surface area contributed by atoms with Gasteiger partial charge in [0.15, 0.2) is 34.9 Å². The molecule has 0 aliphatic heterocycles. The van der Waals surface area contributed by atoms with E-state index in [1.54, 1.807) is 28.4 Å². The van der Waals surface area contributed by atoms with Crippen molar-refractivity contribution in [3.63, 3.8) is 0 Å². The molecule has 0 N–H and O–H groups in total. The third kappa shape index (κ3) is 5.30. The fourth-order valence-corrected chi connectivity index (χ4v) is 4.24. The van der Waals surface area contributed by atoms with Crippen LogP contribution in [0.2, 0.25) is 0 Å². The molecule has 0 unspecified atom stereocenters. The van der Waals surface area contributed by atoms with Gasteiger partial charge in [-0.1, -0.05) is 6.07 Å². The molecule has 1 heterocycles. The van der Waals surface area contributed by atoms with E-state index in [-0.39, 0.29) is 18.0 Å². The molecule has 0 saturated carbocycles. The SMILES string of the molecule is COc1ccc(Cc2c3cc(OC)c(OC)cc3cc[n+]2CC(=O)c2ccc([N+](=O)[O-])cc2)cc1OC. The Morgan fingerprint density at radius 3 is 2.05 bits per heavy atom. The Kier molecular flexibility index (Phi) is 7.52. The molecular weight excluding hydrogens is 476 g/mol. The Morgan fingerprint density at radius 2 is 1.43 bits per heavy atom. The smallest absolute Gasteiger partial charge is 0.269 e. The molecule has 0 radical (unpaired) electrons. The van der Waals surface area contributed by atoms with Gasteiger partial charge in [0.1, 0.15) is 0 Å². The van der Waals surface area contributed by atoms with E-state index < -0.39 is 4.92 Å². The van der Waals surface area contributed by atoms with Gasteiger partial charge in [-0.2, -0.15) is 4.57 Å². The molecule has 9 nitrogen and oxygen atoms in total. The summed E-state index contributed by atoms with van der Waals surface area (Å²) in [5.74, 6) is 2.23. The number of carbonyl (C=O) groups is 1. The number of benzene rings is 3. The third-order valence-corrected chi connectivity index (χ3v) is 6.18. The number of rotatable bonds is 10. The molecule has 0 aliphatic rings. The minimum atomic E-state index is -0.491. The Morgan fingerprint density at radius 1 is 0.811 bits per heavy atom. The summed E-state index contributed by atoms with van der Waals surface area (Å²) < 4.78 is 23.7. The number of nitro benzene ring substituents is 1. The van der Waals surface area contributed by atoms with Gasteiger partial charge >= 0.3 is 0 Å². The summed E-state index contributed by atoms with van der Waals surface area (Å²) in [5, 5.41) is 12.8. The lowest BCUT2D eigenvalue weighted by atomic mass is 10.0. The second kappa shape index (κ2) is 10.9. The van der Waals surface area contributed by atoms with Gasteiger partial charge in [0.25, 0.3) is 5.69 Å². The van der Waals surface area contributed by atoms with Gasteiger partial charge in [0.05, 0.1) is 45.2 Å². The van der Waals surface area contributed by atoms with Crippen molar-refractivity contribution in [2.24, 2.45) is 0 Å². The third-order valence-electron chi connectivity index (χ3n) is 6.18. The molecule has 0 fully saturated rings. The Bertz CT molecular complexity index is 1470. The maximum absolute atomic E-state index is 13.2. The topological polar surface area (TPSA) is 101 Å². The van der Waals surface area contributed by atoms with E-state index in [1.165, 1.54) is 24.3 Å². The highest BCUT2D eigenvalue weighted by Gasteiger charge is 2.23. The molecule has 0 bridgehead atoms. The Balaban J connectivity index is 1.80. The van der Waals surface area contributed by atoms with Crippen LogP contribution in [-0.2, 0) is 13.0 Å². The second-order valence-corrected chi connectivity index (χ2v) is 8.28. The number of hydrogen-bond acceptors (Lipinski definition) is 7. The monoisotopic (exact) mass is 503 g/mol. The van der Waals surface area contributed by atoms with Crippen molar-refractivity contribution in [1.82, 2.24) is 0 Å². The zero-order valence-electron chi connectivity index (χ0n) is 21.0.